The van der Waals surface area contributed by atoms with Crippen LogP contribution in [-0.2, 0) is 10.0 Å². The fraction of sp³-hybridized carbons (Fsp3) is 0.278. The fourth-order valence-corrected chi connectivity index (χ4v) is 3.62. The molecule has 0 spiro atoms. The van der Waals surface area contributed by atoms with Crippen molar-refractivity contribution in [3.8, 4) is 11.5 Å². The smallest absolute Gasteiger partial charge is 0.335 e. The second kappa shape index (κ2) is 9.97. The molecular formula is C18H19Cl2NO6S. The van der Waals surface area contributed by atoms with Crippen molar-refractivity contribution in [2.75, 3.05) is 32.6 Å². The Morgan fingerprint density at radius 2 is 1.57 bits per heavy atom. The molecule has 0 aromatic heterocycles. The number of benzene rings is 2. The Bertz CT molecular complexity index is 915. The van der Waals surface area contributed by atoms with Gasteiger partial charge in [0, 0.05) is 23.1 Å². The molecule has 0 aliphatic heterocycles. The molecule has 0 fully saturated rings. The summed E-state index contributed by atoms with van der Waals surface area (Å²) in [6, 6.07) is 10.7. The largest absolute Gasteiger partial charge is 0.492 e. The van der Waals surface area contributed by atoms with E-state index in [9.17, 15) is 13.2 Å². The second-order valence-corrected chi connectivity index (χ2v) is 8.65. The van der Waals surface area contributed by atoms with Gasteiger partial charge in [-0.15, -0.1) is 0 Å². The fourth-order valence-electron chi connectivity index (χ4n) is 2.30. The molecule has 1 N–H and O–H groups in total. The third-order valence-corrected chi connectivity index (χ3v) is 5.34. The van der Waals surface area contributed by atoms with Crippen LogP contribution in [0.1, 0.15) is 10.4 Å². The summed E-state index contributed by atoms with van der Waals surface area (Å²) in [6.45, 7) is 0.328. The highest BCUT2D eigenvalue weighted by molar-refractivity contribution is 7.88. The molecular weight excluding hydrogens is 429 g/mol. The van der Waals surface area contributed by atoms with Gasteiger partial charge in [0.2, 0.25) is 10.0 Å². The van der Waals surface area contributed by atoms with E-state index >= 15 is 0 Å². The number of sulfonamides is 1. The standard InChI is InChI=1S/C18H19Cl2NO6S/c1-28(24,25)21(6-8-27-17-11-14(19)10-15(20)12-17)5-7-26-16-4-2-3-13(9-16)18(22)23/h2-4,9-12H,5-8H2,1H3,(H,22,23). The normalized spacial score (nSPS) is 11.4. The number of carboxylic acids is 1. The van der Waals surface area contributed by atoms with Crippen LogP contribution in [0.4, 0.5) is 0 Å². The summed E-state index contributed by atoms with van der Waals surface area (Å²) in [7, 11) is -3.48. The molecule has 0 heterocycles. The van der Waals surface area contributed by atoms with Gasteiger partial charge in [-0.3, -0.25) is 0 Å². The maximum Gasteiger partial charge on any atom is 0.335 e. The minimum absolute atomic E-state index is 0.0547. The van der Waals surface area contributed by atoms with Gasteiger partial charge in [0.05, 0.1) is 11.8 Å². The van der Waals surface area contributed by atoms with Crippen molar-refractivity contribution >= 4 is 39.2 Å². The Balaban J connectivity index is 1.89. The van der Waals surface area contributed by atoms with Crippen molar-refractivity contribution in [3.63, 3.8) is 0 Å². The SMILES string of the molecule is CS(=O)(=O)N(CCOc1cc(Cl)cc(Cl)c1)CCOc1cccc(C(=O)O)c1. The van der Waals surface area contributed by atoms with Crippen LogP contribution in [0.3, 0.4) is 0 Å². The summed E-state index contributed by atoms with van der Waals surface area (Å²) in [6.07, 6.45) is 1.09. The highest BCUT2D eigenvalue weighted by Crippen LogP contribution is 2.24. The van der Waals surface area contributed by atoms with Gasteiger partial charge < -0.3 is 14.6 Å². The highest BCUT2D eigenvalue weighted by atomic mass is 35.5. The van der Waals surface area contributed by atoms with E-state index in [1.807, 2.05) is 0 Å². The van der Waals surface area contributed by atoms with Crippen LogP contribution in [0.2, 0.25) is 10.0 Å². The highest BCUT2D eigenvalue weighted by Gasteiger charge is 2.17. The zero-order valence-electron chi connectivity index (χ0n) is 15.0. The third kappa shape index (κ3) is 7.20. The van der Waals surface area contributed by atoms with Gasteiger partial charge in [-0.2, -0.15) is 4.31 Å². The maximum atomic E-state index is 12.0. The minimum Gasteiger partial charge on any atom is -0.492 e. The molecule has 0 bridgehead atoms. The van der Waals surface area contributed by atoms with Gasteiger partial charge in [-0.25, -0.2) is 13.2 Å². The molecule has 0 aliphatic carbocycles. The average Bonchev–Trinajstić information content (AvgIpc) is 2.59. The molecule has 2 rings (SSSR count). The lowest BCUT2D eigenvalue weighted by atomic mass is 10.2. The van der Waals surface area contributed by atoms with Gasteiger partial charge >= 0.3 is 5.97 Å². The lowest BCUT2D eigenvalue weighted by Crippen LogP contribution is -2.36. The summed E-state index contributed by atoms with van der Waals surface area (Å²) in [5.41, 5.74) is 0.0889. The van der Waals surface area contributed by atoms with E-state index in [0.29, 0.717) is 21.5 Å². The summed E-state index contributed by atoms with van der Waals surface area (Å²) in [5, 5.41) is 9.81. The Morgan fingerprint density at radius 1 is 1.00 bits per heavy atom. The molecule has 0 aliphatic rings. The van der Waals surface area contributed by atoms with Gasteiger partial charge in [0.1, 0.15) is 24.7 Å². The molecule has 0 unspecified atom stereocenters. The van der Waals surface area contributed by atoms with Crippen LogP contribution < -0.4 is 9.47 Å². The van der Waals surface area contributed by atoms with E-state index in [-0.39, 0.29) is 31.9 Å². The molecule has 0 saturated heterocycles. The molecule has 7 nitrogen and oxygen atoms in total. The number of carbonyl (C=O) groups is 1. The van der Waals surface area contributed by atoms with E-state index in [2.05, 4.69) is 0 Å². The Labute approximate surface area is 173 Å². The zero-order chi connectivity index (χ0) is 20.7. The predicted molar refractivity (Wildman–Crippen MR) is 107 cm³/mol. The van der Waals surface area contributed by atoms with Gasteiger partial charge in [-0.05, 0) is 36.4 Å². The van der Waals surface area contributed by atoms with Crippen LogP contribution in [0.15, 0.2) is 42.5 Å². The van der Waals surface area contributed by atoms with Gasteiger partial charge in [0.25, 0.3) is 0 Å². The Morgan fingerprint density at radius 3 is 2.11 bits per heavy atom. The van der Waals surface area contributed by atoms with E-state index in [1.165, 1.54) is 16.4 Å². The lowest BCUT2D eigenvalue weighted by Gasteiger charge is -2.20. The molecule has 2 aromatic carbocycles. The summed E-state index contributed by atoms with van der Waals surface area (Å²) in [5.74, 6) is -0.285. The van der Waals surface area contributed by atoms with Crippen LogP contribution >= 0.6 is 23.2 Å². The number of rotatable bonds is 10. The number of nitrogens with zero attached hydrogens (tertiary/aromatic N) is 1. The van der Waals surface area contributed by atoms with E-state index < -0.39 is 16.0 Å². The molecule has 0 saturated carbocycles. The number of ether oxygens (including phenoxy) is 2. The first kappa shape index (κ1) is 22.3. The van der Waals surface area contributed by atoms with Crippen LogP contribution in [0.5, 0.6) is 11.5 Å². The van der Waals surface area contributed by atoms with Crippen LogP contribution in [0, 0.1) is 0 Å². The molecule has 0 atom stereocenters. The Kier molecular flexibility index (Phi) is 7.94. The minimum atomic E-state index is -3.48. The lowest BCUT2D eigenvalue weighted by molar-refractivity contribution is 0.0696. The molecule has 0 radical (unpaired) electrons. The van der Waals surface area contributed by atoms with Crippen LogP contribution in [0.25, 0.3) is 0 Å². The summed E-state index contributed by atoms with van der Waals surface area (Å²) >= 11 is 11.8. The first-order chi connectivity index (χ1) is 13.1. The van der Waals surface area contributed by atoms with Crippen molar-refractivity contribution in [2.24, 2.45) is 0 Å². The Hall–Kier alpha value is -2.00. The predicted octanol–water partition coefficient (Wildman–Crippen LogP) is 3.41. The quantitative estimate of drug-likeness (QED) is 0.599. The summed E-state index contributed by atoms with van der Waals surface area (Å²) < 4.78 is 36.1. The number of aromatic carboxylic acids is 1. The maximum absolute atomic E-state index is 12.0. The van der Waals surface area contributed by atoms with Gasteiger partial charge in [-0.1, -0.05) is 29.3 Å². The molecule has 10 heteroatoms. The van der Waals surface area contributed by atoms with Crippen molar-refractivity contribution in [1.29, 1.82) is 0 Å². The van der Waals surface area contributed by atoms with Crippen molar-refractivity contribution in [2.45, 2.75) is 0 Å². The molecule has 28 heavy (non-hydrogen) atoms. The van der Waals surface area contributed by atoms with E-state index in [1.54, 1.807) is 30.3 Å². The molecule has 152 valence electrons. The van der Waals surface area contributed by atoms with Crippen molar-refractivity contribution in [3.05, 3.63) is 58.1 Å². The molecule has 2 aromatic rings. The van der Waals surface area contributed by atoms with Crippen molar-refractivity contribution in [1.82, 2.24) is 4.31 Å². The van der Waals surface area contributed by atoms with Gasteiger partial charge in [0.15, 0.2) is 0 Å². The second-order valence-electron chi connectivity index (χ2n) is 5.80. The van der Waals surface area contributed by atoms with E-state index in [4.69, 9.17) is 37.8 Å². The van der Waals surface area contributed by atoms with Crippen LogP contribution in [-0.4, -0.2) is 56.4 Å². The number of carboxylic acid groups (broad SMARTS) is 1. The third-order valence-electron chi connectivity index (χ3n) is 3.60. The van der Waals surface area contributed by atoms with Crippen molar-refractivity contribution < 1.29 is 27.8 Å². The average molecular weight is 448 g/mol. The zero-order valence-corrected chi connectivity index (χ0v) is 17.3. The number of hydrogen-bond acceptors (Lipinski definition) is 5. The number of hydrogen-bond donors (Lipinski definition) is 1. The molecule has 0 amide bonds. The topological polar surface area (TPSA) is 93.1 Å². The first-order valence-corrected chi connectivity index (χ1v) is 10.8. The van der Waals surface area contributed by atoms with E-state index in [0.717, 1.165) is 6.26 Å². The monoisotopic (exact) mass is 447 g/mol. The summed E-state index contributed by atoms with van der Waals surface area (Å²) in [4.78, 5) is 11.0. The number of halogens is 2. The first-order valence-electron chi connectivity index (χ1n) is 8.15.